The molecule has 134 valence electrons. The zero-order valence-corrected chi connectivity index (χ0v) is 15.6. The molecule has 2 aromatic heterocycles. The second-order valence-electron chi connectivity index (χ2n) is 5.48. The van der Waals surface area contributed by atoms with E-state index in [0.717, 1.165) is 5.56 Å². The topological polar surface area (TPSA) is 102 Å². The second-order valence-corrected chi connectivity index (χ2v) is 6.81. The summed E-state index contributed by atoms with van der Waals surface area (Å²) < 4.78 is 1.36. The first-order chi connectivity index (χ1) is 12.4. The van der Waals surface area contributed by atoms with Gasteiger partial charge in [-0.05, 0) is 31.5 Å². The van der Waals surface area contributed by atoms with Gasteiger partial charge in [0, 0.05) is 22.3 Å². The Labute approximate surface area is 158 Å². The maximum absolute atomic E-state index is 12.5. The molecule has 2 amide bonds. The van der Waals surface area contributed by atoms with Crippen molar-refractivity contribution < 1.29 is 9.59 Å². The van der Waals surface area contributed by atoms with Gasteiger partial charge in [-0.25, -0.2) is 9.67 Å². The first-order valence-corrected chi connectivity index (χ1v) is 8.86. The number of carbonyl (C=O) groups is 2. The Morgan fingerprint density at radius 3 is 2.81 bits per heavy atom. The fraction of sp³-hybridized carbons (Fsp3) is 0.188. The molecule has 26 heavy (non-hydrogen) atoms. The van der Waals surface area contributed by atoms with E-state index < -0.39 is 5.91 Å². The SMILES string of the molecule is Cc1ccc(Cl)cc1NC(=O)c1nnn(CC(=O)Nc2nccs2)c1C. The Bertz CT molecular complexity index is 954. The number of amides is 2. The lowest BCUT2D eigenvalue weighted by Gasteiger charge is -2.08. The molecule has 0 spiro atoms. The number of nitrogens with one attached hydrogen (secondary N) is 2. The first-order valence-electron chi connectivity index (χ1n) is 7.61. The highest BCUT2D eigenvalue weighted by Gasteiger charge is 2.19. The van der Waals surface area contributed by atoms with Gasteiger partial charge in [0.15, 0.2) is 10.8 Å². The molecule has 0 radical (unpaired) electrons. The van der Waals surface area contributed by atoms with Crippen LogP contribution >= 0.6 is 22.9 Å². The molecule has 1 aromatic carbocycles. The summed E-state index contributed by atoms with van der Waals surface area (Å²) >= 11 is 7.28. The minimum absolute atomic E-state index is 0.0676. The minimum atomic E-state index is -0.417. The molecular formula is C16H15ClN6O2S. The van der Waals surface area contributed by atoms with Crippen molar-refractivity contribution in [2.45, 2.75) is 20.4 Å². The maximum Gasteiger partial charge on any atom is 0.278 e. The van der Waals surface area contributed by atoms with Crippen LogP contribution < -0.4 is 10.6 Å². The van der Waals surface area contributed by atoms with Crippen LogP contribution in [-0.4, -0.2) is 31.8 Å². The lowest BCUT2D eigenvalue weighted by atomic mass is 10.2. The third-order valence-corrected chi connectivity index (χ3v) is 4.54. The number of anilines is 2. The summed E-state index contributed by atoms with van der Waals surface area (Å²) in [4.78, 5) is 28.5. The van der Waals surface area contributed by atoms with Crippen molar-refractivity contribution in [3.05, 3.63) is 51.7 Å². The summed E-state index contributed by atoms with van der Waals surface area (Å²) in [5, 5.41) is 16.0. The van der Waals surface area contributed by atoms with Crippen LogP contribution in [0.3, 0.4) is 0 Å². The van der Waals surface area contributed by atoms with E-state index in [1.807, 2.05) is 13.0 Å². The van der Waals surface area contributed by atoms with Gasteiger partial charge in [0.05, 0.1) is 5.69 Å². The number of rotatable bonds is 5. The van der Waals surface area contributed by atoms with Crippen molar-refractivity contribution in [2.75, 3.05) is 10.6 Å². The normalized spacial score (nSPS) is 10.6. The van der Waals surface area contributed by atoms with Gasteiger partial charge >= 0.3 is 0 Å². The highest BCUT2D eigenvalue weighted by molar-refractivity contribution is 7.13. The van der Waals surface area contributed by atoms with E-state index in [1.165, 1.54) is 16.0 Å². The number of benzene rings is 1. The minimum Gasteiger partial charge on any atom is -0.320 e. The molecular weight excluding hydrogens is 376 g/mol. The van der Waals surface area contributed by atoms with Crippen molar-refractivity contribution >= 4 is 45.6 Å². The largest absolute Gasteiger partial charge is 0.320 e. The van der Waals surface area contributed by atoms with Gasteiger partial charge in [-0.2, -0.15) is 0 Å². The molecule has 0 aliphatic rings. The standard InChI is InChI=1S/C16H15ClN6O2S/c1-9-3-4-11(17)7-12(9)19-15(25)14-10(2)23(22-21-14)8-13(24)20-16-18-5-6-26-16/h3-7H,8H2,1-2H3,(H,19,25)(H,18,20,24). The van der Waals surface area contributed by atoms with Gasteiger partial charge in [-0.1, -0.05) is 22.9 Å². The van der Waals surface area contributed by atoms with E-state index in [-0.39, 0.29) is 18.1 Å². The molecule has 8 nitrogen and oxygen atoms in total. The van der Waals surface area contributed by atoms with E-state index in [1.54, 1.807) is 30.6 Å². The Morgan fingerprint density at radius 2 is 2.08 bits per heavy atom. The zero-order valence-electron chi connectivity index (χ0n) is 14.0. The van der Waals surface area contributed by atoms with Crippen molar-refractivity contribution in [1.29, 1.82) is 0 Å². The smallest absolute Gasteiger partial charge is 0.278 e. The average Bonchev–Trinajstić information content (AvgIpc) is 3.21. The molecule has 0 aliphatic carbocycles. The molecule has 0 aliphatic heterocycles. The van der Waals surface area contributed by atoms with Gasteiger partial charge < -0.3 is 10.6 Å². The van der Waals surface area contributed by atoms with Gasteiger partial charge in [-0.15, -0.1) is 16.4 Å². The van der Waals surface area contributed by atoms with Crippen LogP contribution in [0.4, 0.5) is 10.8 Å². The van der Waals surface area contributed by atoms with E-state index in [9.17, 15) is 9.59 Å². The molecule has 0 atom stereocenters. The van der Waals surface area contributed by atoms with Crippen LogP contribution in [0.1, 0.15) is 21.7 Å². The number of hydrogen-bond donors (Lipinski definition) is 2. The Hall–Kier alpha value is -2.78. The second kappa shape index (κ2) is 7.63. The van der Waals surface area contributed by atoms with E-state index >= 15 is 0 Å². The fourth-order valence-electron chi connectivity index (χ4n) is 2.21. The Kier molecular flexibility index (Phi) is 5.29. The van der Waals surface area contributed by atoms with Crippen molar-refractivity contribution in [3.8, 4) is 0 Å². The van der Waals surface area contributed by atoms with Gasteiger partial charge in [0.1, 0.15) is 6.54 Å². The molecule has 10 heteroatoms. The fourth-order valence-corrected chi connectivity index (χ4v) is 2.93. The summed E-state index contributed by atoms with van der Waals surface area (Å²) in [6, 6.07) is 5.22. The lowest BCUT2D eigenvalue weighted by Crippen LogP contribution is -2.21. The number of carbonyl (C=O) groups excluding carboxylic acids is 2. The number of aromatic nitrogens is 4. The summed E-state index contributed by atoms with van der Waals surface area (Å²) in [6.45, 7) is 3.47. The van der Waals surface area contributed by atoms with Gasteiger partial charge in [0.2, 0.25) is 5.91 Å². The third kappa shape index (κ3) is 4.06. The Balaban J connectivity index is 1.70. The summed E-state index contributed by atoms with van der Waals surface area (Å²) in [6.07, 6.45) is 1.60. The molecule has 3 rings (SSSR count). The summed E-state index contributed by atoms with van der Waals surface area (Å²) in [7, 11) is 0. The molecule has 0 saturated heterocycles. The predicted octanol–water partition coefficient (Wildman–Crippen LogP) is 2.90. The van der Waals surface area contributed by atoms with Gasteiger partial charge in [0.25, 0.3) is 5.91 Å². The van der Waals surface area contributed by atoms with Crippen LogP contribution in [0.15, 0.2) is 29.8 Å². The molecule has 0 fully saturated rings. The molecule has 2 N–H and O–H groups in total. The molecule has 0 saturated carbocycles. The summed E-state index contributed by atoms with van der Waals surface area (Å²) in [5.41, 5.74) is 2.09. The first kappa shape index (κ1) is 18.0. The predicted molar refractivity (Wildman–Crippen MR) is 99.6 cm³/mol. The average molecular weight is 391 g/mol. The third-order valence-electron chi connectivity index (χ3n) is 3.62. The van der Waals surface area contributed by atoms with E-state index in [4.69, 9.17) is 11.6 Å². The van der Waals surface area contributed by atoms with Crippen molar-refractivity contribution in [1.82, 2.24) is 20.0 Å². The molecule has 3 aromatic rings. The molecule has 0 bridgehead atoms. The van der Waals surface area contributed by atoms with Crippen LogP contribution in [0.5, 0.6) is 0 Å². The van der Waals surface area contributed by atoms with Crippen molar-refractivity contribution in [3.63, 3.8) is 0 Å². The van der Waals surface area contributed by atoms with Crippen LogP contribution in [0.25, 0.3) is 0 Å². The number of hydrogen-bond acceptors (Lipinski definition) is 6. The molecule has 0 unspecified atom stereocenters. The Morgan fingerprint density at radius 1 is 1.27 bits per heavy atom. The monoisotopic (exact) mass is 390 g/mol. The van der Waals surface area contributed by atoms with Crippen LogP contribution in [-0.2, 0) is 11.3 Å². The van der Waals surface area contributed by atoms with Gasteiger partial charge in [-0.3, -0.25) is 9.59 Å². The van der Waals surface area contributed by atoms with Crippen LogP contribution in [0.2, 0.25) is 5.02 Å². The lowest BCUT2D eigenvalue weighted by molar-refractivity contribution is -0.117. The molecule has 2 heterocycles. The number of nitrogens with zero attached hydrogens (tertiary/aromatic N) is 4. The number of thiazole rings is 1. The summed E-state index contributed by atoms with van der Waals surface area (Å²) in [5.74, 6) is -0.718. The highest BCUT2D eigenvalue weighted by Crippen LogP contribution is 2.21. The van der Waals surface area contributed by atoms with E-state index in [0.29, 0.717) is 21.5 Å². The quantitative estimate of drug-likeness (QED) is 0.697. The number of halogens is 1. The van der Waals surface area contributed by atoms with Crippen LogP contribution in [0, 0.1) is 13.8 Å². The zero-order chi connectivity index (χ0) is 18.7. The number of aryl methyl sites for hydroxylation is 1. The maximum atomic E-state index is 12.5. The van der Waals surface area contributed by atoms with Crippen molar-refractivity contribution in [2.24, 2.45) is 0 Å². The van der Waals surface area contributed by atoms with E-state index in [2.05, 4.69) is 25.9 Å². The highest BCUT2D eigenvalue weighted by atomic mass is 35.5.